The monoisotopic (exact) mass is 309 g/mol. The minimum atomic E-state index is 0.00706. The van der Waals surface area contributed by atoms with Crippen LogP contribution in [0.4, 0.5) is 5.69 Å². The van der Waals surface area contributed by atoms with Gasteiger partial charge in [-0.3, -0.25) is 9.69 Å². The van der Waals surface area contributed by atoms with Crippen molar-refractivity contribution in [1.82, 2.24) is 4.90 Å². The molecule has 0 aliphatic carbocycles. The number of nitrogens with zero attached hydrogens (tertiary/aromatic N) is 1. The Morgan fingerprint density at radius 2 is 2.24 bits per heavy atom. The summed E-state index contributed by atoms with van der Waals surface area (Å²) in [7, 11) is 0. The van der Waals surface area contributed by atoms with Gasteiger partial charge in [0.25, 0.3) is 0 Å². The van der Waals surface area contributed by atoms with Crippen molar-refractivity contribution in [2.24, 2.45) is 5.73 Å². The lowest BCUT2D eigenvalue weighted by Gasteiger charge is -2.39. The fraction of sp³-hybridized carbons (Fsp3) is 0.562. The Bertz CT molecular complexity index is 506. The van der Waals surface area contributed by atoms with Crippen LogP contribution in [0.2, 0.25) is 5.02 Å². The van der Waals surface area contributed by atoms with Crippen molar-refractivity contribution in [3.8, 4) is 0 Å². The van der Waals surface area contributed by atoms with Crippen LogP contribution in [-0.2, 0) is 4.79 Å². The first-order valence-electron chi connectivity index (χ1n) is 7.53. The van der Waals surface area contributed by atoms with Gasteiger partial charge in [-0.05, 0) is 50.5 Å². The number of carbonyl (C=O) groups excluding carboxylic acids is 1. The first-order valence-corrected chi connectivity index (χ1v) is 7.91. The van der Waals surface area contributed by atoms with Gasteiger partial charge in [0.15, 0.2) is 0 Å². The molecule has 0 radical (unpaired) electrons. The number of piperidine rings is 1. The van der Waals surface area contributed by atoms with Crippen molar-refractivity contribution in [1.29, 1.82) is 0 Å². The fourth-order valence-electron chi connectivity index (χ4n) is 3.00. The van der Waals surface area contributed by atoms with Crippen molar-refractivity contribution in [2.45, 2.75) is 45.2 Å². The first kappa shape index (κ1) is 16.3. The van der Waals surface area contributed by atoms with Crippen LogP contribution in [0, 0.1) is 6.92 Å². The SMILES string of the molecule is Cc1cc(Cl)ccc1NC(=O)CN1C(C)CCCC1CN. The summed E-state index contributed by atoms with van der Waals surface area (Å²) < 4.78 is 0. The summed E-state index contributed by atoms with van der Waals surface area (Å²) in [6.45, 7) is 5.11. The number of benzene rings is 1. The van der Waals surface area contributed by atoms with Gasteiger partial charge < -0.3 is 11.1 Å². The molecule has 0 bridgehead atoms. The van der Waals surface area contributed by atoms with E-state index in [1.54, 1.807) is 6.07 Å². The highest BCUT2D eigenvalue weighted by atomic mass is 35.5. The second kappa shape index (κ2) is 7.25. The summed E-state index contributed by atoms with van der Waals surface area (Å²) in [5.41, 5.74) is 7.63. The van der Waals surface area contributed by atoms with E-state index in [-0.39, 0.29) is 5.91 Å². The molecule has 2 unspecified atom stereocenters. The molecule has 1 aromatic carbocycles. The molecule has 1 aliphatic rings. The number of nitrogens with one attached hydrogen (secondary N) is 1. The van der Waals surface area contributed by atoms with Gasteiger partial charge >= 0.3 is 0 Å². The quantitative estimate of drug-likeness (QED) is 0.899. The van der Waals surface area contributed by atoms with E-state index in [2.05, 4.69) is 17.1 Å². The molecule has 2 atom stereocenters. The molecule has 21 heavy (non-hydrogen) atoms. The van der Waals surface area contributed by atoms with Crippen molar-refractivity contribution in [3.63, 3.8) is 0 Å². The number of amides is 1. The summed E-state index contributed by atoms with van der Waals surface area (Å²) in [5.74, 6) is 0.00706. The number of hydrogen-bond donors (Lipinski definition) is 2. The van der Waals surface area contributed by atoms with Gasteiger partial charge in [0.2, 0.25) is 5.91 Å². The zero-order chi connectivity index (χ0) is 15.4. The van der Waals surface area contributed by atoms with Crippen LogP contribution in [0.5, 0.6) is 0 Å². The molecule has 1 saturated heterocycles. The Labute approximate surface area is 131 Å². The lowest BCUT2D eigenvalue weighted by Crippen LogP contribution is -2.51. The van der Waals surface area contributed by atoms with E-state index in [0.29, 0.717) is 30.2 Å². The van der Waals surface area contributed by atoms with Crippen LogP contribution in [0.3, 0.4) is 0 Å². The van der Waals surface area contributed by atoms with Crippen LogP contribution in [0.15, 0.2) is 18.2 Å². The van der Waals surface area contributed by atoms with Crippen LogP contribution in [0.25, 0.3) is 0 Å². The lowest BCUT2D eigenvalue weighted by molar-refractivity contribution is -0.118. The number of nitrogens with two attached hydrogens (primary N) is 1. The topological polar surface area (TPSA) is 58.4 Å². The van der Waals surface area contributed by atoms with Gasteiger partial charge in [-0.15, -0.1) is 0 Å². The zero-order valence-electron chi connectivity index (χ0n) is 12.7. The second-order valence-electron chi connectivity index (χ2n) is 5.85. The molecule has 1 fully saturated rings. The maximum atomic E-state index is 12.3. The molecule has 5 heteroatoms. The molecule has 3 N–H and O–H groups in total. The smallest absolute Gasteiger partial charge is 0.238 e. The highest BCUT2D eigenvalue weighted by Crippen LogP contribution is 2.23. The summed E-state index contributed by atoms with van der Waals surface area (Å²) in [5, 5.41) is 3.65. The zero-order valence-corrected chi connectivity index (χ0v) is 13.5. The Balaban J connectivity index is 2.00. The van der Waals surface area contributed by atoms with Gasteiger partial charge in [0.05, 0.1) is 6.54 Å². The standard InChI is InChI=1S/C16H24ClN3O/c1-11-8-13(17)6-7-15(11)19-16(21)10-20-12(2)4-3-5-14(20)9-18/h6-8,12,14H,3-5,9-10,18H2,1-2H3,(H,19,21). The van der Waals surface area contributed by atoms with Crippen molar-refractivity contribution < 1.29 is 4.79 Å². The van der Waals surface area contributed by atoms with E-state index in [1.165, 1.54) is 6.42 Å². The molecular weight excluding hydrogens is 286 g/mol. The number of aryl methyl sites for hydroxylation is 1. The third kappa shape index (κ3) is 4.19. The van der Waals surface area contributed by atoms with Gasteiger partial charge in [0, 0.05) is 29.3 Å². The fourth-order valence-corrected chi connectivity index (χ4v) is 3.23. The predicted molar refractivity (Wildman–Crippen MR) is 87.7 cm³/mol. The maximum Gasteiger partial charge on any atom is 0.238 e. The average Bonchev–Trinajstić information content (AvgIpc) is 2.44. The molecule has 2 rings (SSSR count). The molecule has 1 aromatic rings. The molecule has 116 valence electrons. The van der Waals surface area contributed by atoms with Crippen LogP contribution < -0.4 is 11.1 Å². The van der Waals surface area contributed by atoms with Crippen molar-refractivity contribution in [3.05, 3.63) is 28.8 Å². The van der Waals surface area contributed by atoms with Crippen LogP contribution in [-0.4, -0.2) is 36.0 Å². The number of rotatable bonds is 4. The van der Waals surface area contributed by atoms with E-state index in [1.807, 2.05) is 19.1 Å². The Kier molecular flexibility index (Phi) is 5.62. The molecule has 0 saturated carbocycles. The molecule has 4 nitrogen and oxygen atoms in total. The van der Waals surface area contributed by atoms with E-state index in [0.717, 1.165) is 24.1 Å². The highest BCUT2D eigenvalue weighted by molar-refractivity contribution is 6.30. The molecular formula is C16H24ClN3O. The highest BCUT2D eigenvalue weighted by Gasteiger charge is 2.28. The molecule has 1 aliphatic heterocycles. The normalized spacial score (nSPS) is 23.0. The average molecular weight is 310 g/mol. The van der Waals surface area contributed by atoms with Crippen molar-refractivity contribution in [2.75, 3.05) is 18.4 Å². The predicted octanol–water partition coefficient (Wildman–Crippen LogP) is 2.79. The first-order chi connectivity index (χ1) is 10.0. The van der Waals surface area contributed by atoms with Gasteiger partial charge in [-0.2, -0.15) is 0 Å². The van der Waals surface area contributed by atoms with E-state index in [4.69, 9.17) is 17.3 Å². The summed E-state index contributed by atoms with van der Waals surface area (Å²) in [6.07, 6.45) is 3.40. The maximum absolute atomic E-state index is 12.3. The number of anilines is 1. The van der Waals surface area contributed by atoms with E-state index < -0.39 is 0 Å². The van der Waals surface area contributed by atoms with Gasteiger partial charge in [-0.25, -0.2) is 0 Å². The van der Waals surface area contributed by atoms with E-state index >= 15 is 0 Å². The minimum Gasteiger partial charge on any atom is -0.329 e. The Hall–Kier alpha value is -1.10. The largest absolute Gasteiger partial charge is 0.329 e. The van der Waals surface area contributed by atoms with Gasteiger partial charge in [0.1, 0.15) is 0 Å². The van der Waals surface area contributed by atoms with Crippen LogP contribution in [0.1, 0.15) is 31.7 Å². The third-order valence-electron chi connectivity index (χ3n) is 4.26. The molecule has 0 aromatic heterocycles. The number of carbonyl (C=O) groups is 1. The van der Waals surface area contributed by atoms with E-state index in [9.17, 15) is 4.79 Å². The summed E-state index contributed by atoms with van der Waals surface area (Å²) in [4.78, 5) is 14.5. The summed E-state index contributed by atoms with van der Waals surface area (Å²) in [6, 6.07) is 6.20. The third-order valence-corrected chi connectivity index (χ3v) is 4.49. The number of hydrogen-bond acceptors (Lipinski definition) is 3. The lowest BCUT2D eigenvalue weighted by atomic mass is 9.96. The summed E-state index contributed by atoms with van der Waals surface area (Å²) >= 11 is 5.93. The van der Waals surface area contributed by atoms with Gasteiger partial charge in [-0.1, -0.05) is 18.0 Å². The van der Waals surface area contributed by atoms with Crippen LogP contribution >= 0.6 is 11.6 Å². The minimum absolute atomic E-state index is 0.00706. The molecule has 1 amide bonds. The Morgan fingerprint density at radius 3 is 2.90 bits per heavy atom. The second-order valence-corrected chi connectivity index (χ2v) is 6.29. The molecule has 0 spiro atoms. The number of likely N-dealkylation sites (tertiary alicyclic amines) is 1. The molecule has 1 heterocycles. The Morgan fingerprint density at radius 1 is 1.48 bits per heavy atom. The van der Waals surface area contributed by atoms with Crippen molar-refractivity contribution >= 4 is 23.2 Å². The number of halogens is 1.